The minimum absolute atomic E-state index is 0.232. The van der Waals surface area contributed by atoms with Gasteiger partial charge in [0.1, 0.15) is 5.75 Å². The smallest absolute Gasteiger partial charge is 0.349 e. The highest BCUT2D eigenvalue weighted by molar-refractivity contribution is 5.75. The number of benzene rings is 3. The quantitative estimate of drug-likeness (QED) is 0.329. The van der Waals surface area contributed by atoms with E-state index < -0.39 is 5.97 Å². The van der Waals surface area contributed by atoms with Crippen LogP contribution in [0.25, 0.3) is 17.2 Å². The molecule has 0 heterocycles. The molecule has 3 aromatic rings. The van der Waals surface area contributed by atoms with E-state index >= 15 is 0 Å². The summed E-state index contributed by atoms with van der Waals surface area (Å²) in [6, 6.07) is 24.4. The van der Waals surface area contributed by atoms with Crippen LogP contribution in [-0.4, -0.2) is 19.7 Å². The number of methoxy groups -OCH3 is 1. The van der Waals surface area contributed by atoms with Crippen LogP contribution >= 0.6 is 0 Å². The lowest BCUT2D eigenvalue weighted by atomic mass is 10.1. The maximum atomic E-state index is 12.1. The van der Waals surface area contributed by atoms with E-state index in [0.29, 0.717) is 11.5 Å². The maximum Gasteiger partial charge on any atom is 0.349 e. The van der Waals surface area contributed by atoms with E-state index in [1.807, 2.05) is 60.7 Å². The Morgan fingerprint density at radius 2 is 1.69 bits per heavy atom. The van der Waals surface area contributed by atoms with Gasteiger partial charge in [0.2, 0.25) is 0 Å². The Kier molecular flexibility index (Phi) is 6.64. The van der Waals surface area contributed by atoms with Gasteiger partial charge in [0.15, 0.2) is 18.1 Å². The van der Waals surface area contributed by atoms with Crippen LogP contribution in [0.2, 0.25) is 0 Å². The maximum absolute atomic E-state index is 12.1. The summed E-state index contributed by atoms with van der Waals surface area (Å²) in [7, 11) is 1.48. The van der Waals surface area contributed by atoms with Gasteiger partial charge >= 0.3 is 5.97 Å². The molecule has 0 fully saturated rings. The molecule has 0 saturated carbocycles. The fourth-order valence-electron chi connectivity index (χ4n) is 2.67. The second kappa shape index (κ2) is 9.77. The van der Waals surface area contributed by atoms with Crippen LogP contribution in [0.5, 0.6) is 17.2 Å². The fourth-order valence-corrected chi connectivity index (χ4v) is 2.67. The molecule has 0 aromatic heterocycles. The van der Waals surface area contributed by atoms with Crippen molar-refractivity contribution >= 4 is 12.0 Å². The van der Waals surface area contributed by atoms with Crippen molar-refractivity contribution in [1.82, 2.24) is 0 Å². The Hall–Kier alpha value is -4.04. The zero-order valence-electron chi connectivity index (χ0n) is 15.9. The highest BCUT2D eigenvalue weighted by Gasteiger charge is 2.11. The summed E-state index contributed by atoms with van der Waals surface area (Å²) in [5.74, 6) is 0.710. The number of nitrogens with zero attached hydrogens (tertiary/aromatic N) is 1. The van der Waals surface area contributed by atoms with Crippen LogP contribution in [0, 0.1) is 11.3 Å². The predicted octanol–water partition coefficient (Wildman–Crippen LogP) is 4.88. The summed E-state index contributed by atoms with van der Waals surface area (Å²) in [5.41, 5.74) is 2.94. The lowest BCUT2D eigenvalue weighted by Gasteiger charge is -2.11. The second-order valence-electron chi connectivity index (χ2n) is 6.03. The zero-order chi connectivity index (χ0) is 20.5. The fraction of sp³-hybridized carbons (Fsp3) is 0.0833. The summed E-state index contributed by atoms with van der Waals surface area (Å²) in [6.07, 6.45) is 2.99. The first kappa shape index (κ1) is 19.7. The summed E-state index contributed by atoms with van der Waals surface area (Å²) in [5, 5.41) is 8.60. The molecule has 144 valence electrons. The SMILES string of the molecule is COc1cc(/C=C\C#N)ccc1OC(=O)COc1ccc(-c2ccccc2)cc1. The van der Waals surface area contributed by atoms with Crippen LogP contribution < -0.4 is 14.2 Å². The van der Waals surface area contributed by atoms with Crippen molar-refractivity contribution in [2.75, 3.05) is 13.7 Å². The lowest BCUT2D eigenvalue weighted by Crippen LogP contribution is -2.18. The number of hydrogen-bond acceptors (Lipinski definition) is 5. The largest absolute Gasteiger partial charge is 0.493 e. The van der Waals surface area contributed by atoms with Gasteiger partial charge < -0.3 is 14.2 Å². The molecule has 29 heavy (non-hydrogen) atoms. The van der Waals surface area contributed by atoms with Crippen molar-refractivity contribution in [2.24, 2.45) is 0 Å². The molecular formula is C24H19NO4. The lowest BCUT2D eigenvalue weighted by molar-refractivity contribution is -0.136. The highest BCUT2D eigenvalue weighted by Crippen LogP contribution is 2.29. The molecule has 0 spiro atoms. The van der Waals surface area contributed by atoms with E-state index in [1.54, 1.807) is 24.3 Å². The first-order chi connectivity index (χ1) is 14.2. The third-order valence-electron chi connectivity index (χ3n) is 4.08. The zero-order valence-corrected chi connectivity index (χ0v) is 15.9. The molecular weight excluding hydrogens is 366 g/mol. The molecule has 0 aliphatic carbocycles. The van der Waals surface area contributed by atoms with Gasteiger partial charge in [0, 0.05) is 6.08 Å². The molecule has 0 aliphatic heterocycles. The van der Waals surface area contributed by atoms with E-state index in [1.165, 1.54) is 13.2 Å². The third-order valence-corrected chi connectivity index (χ3v) is 4.08. The van der Waals surface area contributed by atoms with Crippen molar-refractivity contribution in [3.8, 4) is 34.4 Å². The molecule has 0 unspecified atom stereocenters. The Labute approximate surface area is 169 Å². The van der Waals surface area contributed by atoms with Crippen molar-refractivity contribution in [1.29, 1.82) is 5.26 Å². The minimum atomic E-state index is -0.546. The summed E-state index contributed by atoms with van der Waals surface area (Å²) < 4.78 is 16.1. The van der Waals surface area contributed by atoms with E-state index in [9.17, 15) is 4.79 Å². The highest BCUT2D eigenvalue weighted by atomic mass is 16.6. The molecule has 0 N–H and O–H groups in total. The Morgan fingerprint density at radius 3 is 2.38 bits per heavy atom. The van der Waals surface area contributed by atoms with E-state index in [2.05, 4.69) is 0 Å². The van der Waals surface area contributed by atoms with E-state index in [-0.39, 0.29) is 12.4 Å². The van der Waals surface area contributed by atoms with Crippen LogP contribution in [0.1, 0.15) is 5.56 Å². The number of carbonyl (C=O) groups is 1. The van der Waals surface area contributed by atoms with Crippen molar-refractivity contribution < 1.29 is 19.0 Å². The molecule has 3 aromatic carbocycles. The van der Waals surface area contributed by atoms with Gasteiger partial charge in [0.05, 0.1) is 13.2 Å². The second-order valence-corrected chi connectivity index (χ2v) is 6.03. The number of carbonyl (C=O) groups excluding carboxylic acids is 1. The molecule has 3 rings (SSSR count). The van der Waals surface area contributed by atoms with Gasteiger partial charge in [-0.15, -0.1) is 0 Å². The van der Waals surface area contributed by atoms with Gasteiger partial charge in [0.25, 0.3) is 0 Å². The molecule has 0 amide bonds. The van der Waals surface area contributed by atoms with Crippen molar-refractivity contribution in [3.63, 3.8) is 0 Å². The number of esters is 1. The van der Waals surface area contributed by atoms with Gasteiger partial charge in [-0.2, -0.15) is 5.26 Å². The first-order valence-electron chi connectivity index (χ1n) is 8.93. The van der Waals surface area contributed by atoms with Gasteiger partial charge in [-0.1, -0.05) is 48.5 Å². The Balaban J connectivity index is 1.59. The number of ether oxygens (including phenoxy) is 3. The number of allylic oxidation sites excluding steroid dienone is 1. The standard InChI is InChI=1S/C24H19NO4/c1-27-23-16-18(6-5-15-25)9-14-22(23)29-24(26)17-28-21-12-10-20(11-13-21)19-7-3-2-4-8-19/h2-14,16H,17H2,1H3/b6-5-. The van der Waals surface area contributed by atoms with Crippen LogP contribution in [0.3, 0.4) is 0 Å². The third kappa shape index (κ3) is 5.47. The molecule has 0 aliphatic rings. The van der Waals surface area contributed by atoms with Crippen LogP contribution in [0.4, 0.5) is 0 Å². The van der Waals surface area contributed by atoms with E-state index in [4.69, 9.17) is 19.5 Å². The molecule has 0 atom stereocenters. The molecule has 5 nitrogen and oxygen atoms in total. The average Bonchev–Trinajstić information content (AvgIpc) is 2.78. The number of hydrogen-bond donors (Lipinski definition) is 0. The molecule has 0 saturated heterocycles. The minimum Gasteiger partial charge on any atom is -0.493 e. The normalized spacial score (nSPS) is 10.3. The first-order valence-corrected chi connectivity index (χ1v) is 8.93. The predicted molar refractivity (Wildman–Crippen MR) is 111 cm³/mol. The van der Waals surface area contributed by atoms with Gasteiger partial charge in [-0.25, -0.2) is 4.79 Å². The van der Waals surface area contributed by atoms with Crippen LogP contribution in [0.15, 0.2) is 78.9 Å². The summed E-state index contributed by atoms with van der Waals surface area (Å²) in [6.45, 7) is -0.232. The Bertz CT molecular complexity index is 1030. The number of nitriles is 1. The van der Waals surface area contributed by atoms with Gasteiger partial charge in [-0.3, -0.25) is 0 Å². The molecule has 0 bridgehead atoms. The Morgan fingerprint density at radius 1 is 0.966 bits per heavy atom. The summed E-state index contributed by atoms with van der Waals surface area (Å²) in [4.78, 5) is 12.1. The van der Waals surface area contributed by atoms with E-state index in [0.717, 1.165) is 16.7 Å². The molecule has 0 radical (unpaired) electrons. The van der Waals surface area contributed by atoms with Crippen LogP contribution in [-0.2, 0) is 4.79 Å². The van der Waals surface area contributed by atoms with Gasteiger partial charge in [-0.05, 0) is 47.0 Å². The monoisotopic (exact) mass is 385 g/mol. The average molecular weight is 385 g/mol. The van der Waals surface area contributed by atoms with Crippen molar-refractivity contribution in [3.05, 3.63) is 84.4 Å². The summed E-state index contributed by atoms with van der Waals surface area (Å²) >= 11 is 0. The number of rotatable bonds is 7. The van der Waals surface area contributed by atoms with Crippen molar-refractivity contribution in [2.45, 2.75) is 0 Å². The topological polar surface area (TPSA) is 68.5 Å². The molecule has 5 heteroatoms.